The maximum atomic E-state index is 12.9. The zero-order valence-corrected chi connectivity index (χ0v) is 14.0. The van der Waals surface area contributed by atoms with Crippen molar-refractivity contribution in [1.29, 1.82) is 0 Å². The van der Waals surface area contributed by atoms with E-state index >= 15 is 0 Å². The number of hydrogen-bond acceptors (Lipinski definition) is 6. The van der Waals surface area contributed by atoms with Gasteiger partial charge in [-0.05, 0) is 37.8 Å². The van der Waals surface area contributed by atoms with Crippen LogP contribution in [0.15, 0.2) is 12.1 Å². The topological polar surface area (TPSA) is 80.7 Å². The van der Waals surface area contributed by atoms with Crippen LogP contribution in [0.25, 0.3) is 0 Å². The summed E-state index contributed by atoms with van der Waals surface area (Å²) >= 11 is 0. The van der Waals surface area contributed by atoms with Gasteiger partial charge in [-0.15, -0.1) is 0 Å². The third-order valence-electron chi connectivity index (χ3n) is 4.34. The molecule has 0 saturated heterocycles. The van der Waals surface area contributed by atoms with Crippen LogP contribution < -0.4 is 10.1 Å². The van der Waals surface area contributed by atoms with E-state index in [0.29, 0.717) is 6.42 Å². The molecule has 6 nitrogen and oxygen atoms in total. The molecule has 1 aromatic rings. The summed E-state index contributed by atoms with van der Waals surface area (Å²) in [5.41, 5.74) is -1.34. The Hall–Kier alpha value is -2.03. The van der Waals surface area contributed by atoms with Crippen molar-refractivity contribution in [3.8, 4) is 5.88 Å². The maximum absolute atomic E-state index is 12.9. The highest BCUT2D eigenvalue weighted by atomic mass is 19.4. The Kier molecular flexibility index (Phi) is 5.76. The first-order valence-electron chi connectivity index (χ1n) is 7.85. The van der Waals surface area contributed by atoms with Gasteiger partial charge in [-0.1, -0.05) is 0 Å². The second-order valence-corrected chi connectivity index (χ2v) is 6.16. The maximum Gasteiger partial charge on any atom is 0.391 e. The predicted octanol–water partition coefficient (Wildman–Crippen LogP) is 2.77. The first kappa shape index (κ1) is 19.3. The van der Waals surface area contributed by atoms with Crippen molar-refractivity contribution in [2.24, 2.45) is 5.92 Å². The summed E-state index contributed by atoms with van der Waals surface area (Å²) in [5, 5.41) is 13.3. The molecule has 0 radical (unpaired) electrons. The van der Waals surface area contributed by atoms with Crippen LogP contribution in [0.2, 0.25) is 0 Å². The second kappa shape index (κ2) is 7.47. The first-order valence-corrected chi connectivity index (χ1v) is 7.85. The largest absolute Gasteiger partial charge is 0.480 e. The molecule has 0 amide bonds. The van der Waals surface area contributed by atoms with Gasteiger partial charge >= 0.3 is 12.1 Å². The van der Waals surface area contributed by atoms with E-state index in [1.54, 1.807) is 0 Å². The van der Waals surface area contributed by atoms with E-state index in [4.69, 9.17) is 4.74 Å². The normalized spacial score (nSPS) is 23.8. The van der Waals surface area contributed by atoms with Crippen LogP contribution in [-0.2, 0) is 4.74 Å². The number of anilines is 1. The minimum Gasteiger partial charge on any atom is -0.480 e. The third-order valence-corrected chi connectivity index (χ3v) is 4.34. The number of methoxy groups -OCH3 is 2. The van der Waals surface area contributed by atoms with E-state index in [2.05, 4.69) is 15.0 Å². The fourth-order valence-electron chi connectivity index (χ4n) is 3.00. The van der Waals surface area contributed by atoms with E-state index in [1.807, 2.05) is 0 Å². The van der Waals surface area contributed by atoms with Gasteiger partial charge in [0.05, 0.1) is 25.7 Å². The van der Waals surface area contributed by atoms with Crippen molar-refractivity contribution in [1.82, 2.24) is 4.98 Å². The average molecular weight is 362 g/mol. The number of aliphatic hydroxyl groups is 1. The minimum absolute atomic E-state index is 0.0284. The molecule has 2 rings (SSSR count). The Morgan fingerprint density at radius 1 is 1.44 bits per heavy atom. The van der Waals surface area contributed by atoms with Crippen molar-refractivity contribution in [2.75, 3.05) is 26.1 Å². The third kappa shape index (κ3) is 4.75. The van der Waals surface area contributed by atoms with Crippen LogP contribution in [0.1, 0.15) is 36.0 Å². The molecule has 1 aromatic heterocycles. The number of nitrogens with one attached hydrogen (secondary N) is 1. The number of carbonyl (C=O) groups is 1. The molecule has 1 aliphatic carbocycles. The Balaban J connectivity index is 2.06. The van der Waals surface area contributed by atoms with Crippen LogP contribution in [0.5, 0.6) is 5.88 Å². The van der Waals surface area contributed by atoms with Crippen LogP contribution in [0.3, 0.4) is 0 Å². The molecule has 140 valence electrons. The van der Waals surface area contributed by atoms with Gasteiger partial charge in [-0.2, -0.15) is 18.2 Å². The number of aromatic nitrogens is 1. The molecule has 2 atom stereocenters. The lowest BCUT2D eigenvalue weighted by molar-refractivity contribution is -0.199. The van der Waals surface area contributed by atoms with Crippen molar-refractivity contribution >= 4 is 11.8 Å². The highest BCUT2D eigenvalue weighted by Crippen LogP contribution is 2.41. The summed E-state index contributed by atoms with van der Waals surface area (Å²) in [6, 6.07) is 2.91. The molecule has 0 spiro atoms. The summed E-state index contributed by atoms with van der Waals surface area (Å²) in [7, 11) is 2.56. The lowest BCUT2D eigenvalue weighted by Gasteiger charge is -2.37. The molecule has 1 saturated carbocycles. The fraction of sp³-hybridized carbons (Fsp3) is 0.625. The Morgan fingerprint density at radius 2 is 2.16 bits per heavy atom. The monoisotopic (exact) mass is 362 g/mol. The van der Waals surface area contributed by atoms with Gasteiger partial charge in [-0.25, -0.2) is 4.79 Å². The summed E-state index contributed by atoms with van der Waals surface area (Å²) in [6.07, 6.45) is -4.03. The average Bonchev–Trinajstić information content (AvgIpc) is 2.58. The van der Waals surface area contributed by atoms with E-state index < -0.39 is 23.7 Å². The number of ether oxygens (including phenoxy) is 2. The van der Waals surface area contributed by atoms with Crippen LogP contribution >= 0.6 is 0 Å². The SMILES string of the molecule is COC(=O)c1ccc(NCC2(O)CCCC(C(F)(F)F)C2)nc1OC. The van der Waals surface area contributed by atoms with Gasteiger partial charge in [0.25, 0.3) is 0 Å². The predicted molar refractivity (Wildman–Crippen MR) is 83.6 cm³/mol. The van der Waals surface area contributed by atoms with Gasteiger partial charge < -0.3 is 19.9 Å². The number of halogens is 3. The van der Waals surface area contributed by atoms with Crippen molar-refractivity contribution < 1.29 is 32.5 Å². The molecule has 2 N–H and O–H groups in total. The van der Waals surface area contributed by atoms with Gasteiger partial charge in [0.15, 0.2) is 0 Å². The number of pyridine rings is 1. The Labute approximate surface area is 143 Å². The molecule has 1 fully saturated rings. The van der Waals surface area contributed by atoms with Crippen LogP contribution in [-0.4, -0.2) is 48.6 Å². The van der Waals surface area contributed by atoms with Gasteiger partial charge in [0.1, 0.15) is 11.4 Å². The fourth-order valence-corrected chi connectivity index (χ4v) is 3.00. The number of nitrogens with zero attached hydrogens (tertiary/aromatic N) is 1. The molecule has 9 heteroatoms. The van der Waals surface area contributed by atoms with E-state index in [-0.39, 0.29) is 43.1 Å². The summed E-state index contributed by atoms with van der Waals surface area (Å²) in [5.74, 6) is -1.81. The number of carbonyl (C=O) groups excluding carboxylic acids is 1. The molecule has 0 aromatic carbocycles. The lowest BCUT2D eigenvalue weighted by atomic mass is 9.77. The lowest BCUT2D eigenvalue weighted by Crippen LogP contribution is -2.45. The van der Waals surface area contributed by atoms with Crippen molar-refractivity contribution in [2.45, 2.75) is 37.5 Å². The second-order valence-electron chi connectivity index (χ2n) is 6.16. The van der Waals surface area contributed by atoms with Crippen molar-refractivity contribution in [3.63, 3.8) is 0 Å². The molecule has 0 aliphatic heterocycles. The zero-order valence-electron chi connectivity index (χ0n) is 14.0. The van der Waals surface area contributed by atoms with E-state index in [9.17, 15) is 23.1 Å². The minimum atomic E-state index is -4.31. The molecule has 0 bridgehead atoms. The highest BCUT2D eigenvalue weighted by molar-refractivity contribution is 5.92. The Bertz CT molecular complexity index is 624. The molecule has 2 unspecified atom stereocenters. The highest BCUT2D eigenvalue weighted by Gasteiger charge is 2.46. The standard InChI is InChI=1S/C16H21F3N2O4/c1-24-13-11(14(22)25-2)5-6-12(21-13)20-9-15(23)7-3-4-10(8-15)16(17,18)19/h5-6,10,23H,3-4,7-9H2,1-2H3,(H,20,21). The van der Waals surface area contributed by atoms with Gasteiger partial charge in [0, 0.05) is 6.54 Å². The van der Waals surface area contributed by atoms with Gasteiger partial charge in [0.2, 0.25) is 5.88 Å². The number of alkyl halides is 3. The van der Waals surface area contributed by atoms with Gasteiger partial charge in [-0.3, -0.25) is 0 Å². The van der Waals surface area contributed by atoms with Crippen LogP contribution in [0.4, 0.5) is 19.0 Å². The molecular formula is C16H21F3N2O4. The quantitative estimate of drug-likeness (QED) is 0.784. The summed E-state index contributed by atoms with van der Waals surface area (Å²) in [6.45, 7) is -0.0761. The summed E-state index contributed by atoms with van der Waals surface area (Å²) in [4.78, 5) is 15.7. The molecule has 1 heterocycles. The Morgan fingerprint density at radius 3 is 2.76 bits per heavy atom. The van der Waals surface area contributed by atoms with Crippen LogP contribution in [0, 0.1) is 5.92 Å². The summed E-state index contributed by atoms with van der Waals surface area (Å²) < 4.78 is 48.3. The first-order chi connectivity index (χ1) is 11.7. The number of hydrogen-bond donors (Lipinski definition) is 2. The smallest absolute Gasteiger partial charge is 0.391 e. The van der Waals surface area contributed by atoms with E-state index in [0.717, 1.165) is 0 Å². The van der Waals surface area contributed by atoms with Crippen molar-refractivity contribution in [3.05, 3.63) is 17.7 Å². The van der Waals surface area contributed by atoms with E-state index in [1.165, 1.54) is 26.4 Å². The zero-order chi connectivity index (χ0) is 18.7. The molecule has 25 heavy (non-hydrogen) atoms. The number of esters is 1. The molecular weight excluding hydrogens is 341 g/mol. The number of rotatable bonds is 5. The molecule has 1 aliphatic rings.